The van der Waals surface area contributed by atoms with Gasteiger partial charge in [-0.05, 0) is 31.6 Å². The molecule has 146 valence electrons. The molecule has 0 bridgehead atoms. The molecule has 0 amide bonds. The van der Waals surface area contributed by atoms with Crippen LogP contribution in [0.25, 0.3) is 0 Å². The number of hydrogen-bond donors (Lipinski definition) is 0. The molecule has 3 fully saturated rings. The third-order valence-corrected chi connectivity index (χ3v) is 6.70. The standard InChI is InChI=1S/C18H30N4O3S/c1-26(23,24)18-19-11-16(22(18)14-17-3-2-10-25-17)13-21-8-6-20(7-9-21)12-15-4-5-15/h11,15,17H,2-10,12-14H2,1H3/t17-/m0/s1. The zero-order chi connectivity index (χ0) is 18.1. The summed E-state index contributed by atoms with van der Waals surface area (Å²) in [5.74, 6) is 0.937. The highest BCUT2D eigenvalue weighted by molar-refractivity contribution is 7.90. The van der Waals surface area contributed by atoms with E-state index in [0.29, 0.717) is 6.54 Å². The van der Waals surface area contributed by atoms with Gasteiger partial charge in [0, 0.05) is 52.1 Å². The lowest BCUT2D eigenvalue weighted by molar-refractivity contribution is 0.0911. The van der Waals surface area contributed by atoms with E-state index >= 15 is 0 Å². The Kier molecular flexibility index (Phi) is 5.36. The van der Waals surface area contributed by atoms with Crippen LogP contribution in [-0.4, -0.2) is 79.5 Å². The van der Waals surface area contributed by atoms with Gasteiger partial charge < -0.3 is 14.2 Å². The first-order valence-electron chi connectivity index (χ1n) is 9.80. The minimum absolute atomic E-state index is 0.0961. The summed E-state index contributed by atoms with van der Waals surface area (Å²) in [6.45, 7) is 7.64. The third-order valence-electron chi connectivity index (χ3n) is 5.71. The molecular weight excluding hydrogens is 352 g/mol. The van der Waals surface area contributed by atoms with E-state index < -0.39 is 9.84 Å². The van der Waals surface area contributed by atoms with Gasteiger partial charge >= 0.3 is 0 Å². The van der Waals surface area contributed by atoms with Crippen LogP contribution >= 0.6 is 0 Å². The molecule has 1 atom stereocenters. The highest BCUT2D eigenvalue weighted by atomic mass is 32.2. The molecule has 0 spiro atoms. The smallest absolute Gasteiger partial charge is 0.227 e. The third kappa shape index (κ3) is 4.47. The van der Waals surface area contributed by atoms with Crippen LogP contribution < -0.4 is 0 Å². The second kappa shape index (κ2) is 7.58. The average Bonchev–Trinajstić information content (AvgIpc) is 3.09. The van der Waals surface area contributed by atoms with E-state index in [-0.39, 0.29) is 11.3 Å². The molecule has 4 rings (SSSR count). The predicted molar refractivity (Wildman–Crippen MR) is 98.8 cm³/mol. The van der Waals surface area contributed by atoms with E-state index in [1.165, 1.54) is 25.6 Å². The first-order chi connectivity index (χ1) is 12.5. The number of aromatic nitrogens is 2. The van der Waals surface area contributed by atoms with E-state index in [0.717, 1.165) is 63.8 Å². The van der Waals surface area contributed by atoms with Crippen molar-refractivity contribution in [2.75, 3.05) is 45.6 Å². The zero-order valence-corrected chi connectivity index (χ0v) is 16.5. The Balaban J connectivity index is 1.42. The van der Waals surface area contributed by atoms with E-state index in [9.17, 15) is 8.42 Å². The van der Waals surface area contributed by atoms with E-state index in [1.54, 1.807) is 6.20 Å². The van der Waals surface area contributed by atoms with E-state index in [1.807, 2.05) is 4.57 Å². The van der Waals surface area contributed by atoms with Crippen LogP contribution in [0, 0.1) is 5.92 Å². The minimum atomic E-state index is -3.34. The Bertz CT molecular complexity index is 715. The van der Waals surface area contributed by atoms with Crippen molar-refractivity contribution in [3.05, 3.63) is 11.9 Å². The summed E-state index contributed by atoms with van der Waals surface area (Å²) in [6.07, 6.45) is 7.91. The van der Waals surface area contributed by atoms with Crippen molar-refractivity contribution in [3.63, 3.8) is 0 Å². The van der Waals surface area contributed by atoms with Crippen molar-refractivity contribution >= 4 is 9.84 Å². The molecule has 8 heteroatoms. The lowest BCUT2D eigenvalue weighted by atomic mass is 10.2. The lowest BCUT2D eigenvalue weighted by Crippen LogP contribution is -2.46. The number of hydrogen-bond acceptors (Lipinski definition) is 6. The second-order valence-corrected chi connectivity index (χ2v) is 9.98. The number of nitrogens with zero attached hydrogens (tertiary/aromatic N) is 4. The van der Waals surface area contributed by atoms with E-state index in [2.05, 4.69) is 14.8 Å². The molecule has 0 N–H and O–H groups in total. The van der Waals surface area contributed by atoms with Gasteiger partial charge in [-0.25, -0.2) is 13.4 Å². The zero-order valence-electron chi connectivity index (χ0n) is 15.6. The summed E-state index contributed by atoms with van der Waals surface area (Å²) in [6, 6.07) is 0. The van der Waals surface area contributed by atoms with E-state index in [4.69, 9.17) is 4.74 Å². The van der Waals surface area contributed by atoms with Crippen molar-refractivity contribution < 1.29 is 13.2 Å². The average molecular weight is 383 g/mol. The summed E-state index contributed by atoms with van der Waals surface area (Å²) < 4.78 is 31.9. The SMILES string of the molecule is CS(=O)(=O)c1ncc(CN2CCN(CC3CC3)CC2)n1C[C@@H]1CCCO1. The van der Waals surface area contributed by atoms with Gasteiger partial charge in [0.15, 0.2) is 0 Å². The molecule has 2 aliphatic heterocycles. The maximum absolute atomic E-state index is 12.1. The number of sulfone groups is 1. The molecule has 1 aromatic heterocycles. The Morgan fingerprint density at radius 1 is 1.12 bits per heavy atom. The molecule has 2 saturated heterocycles. The van der Waals surface area contributed by atoms with Gasteiger partial charge in [0.05, 0.1) is 24.5 Å². The van der Waals surface area contributed by atoms with Crippen molar-refractivity contribution in [1.29, 1.82) is 0 Å². The molecular formula is C18H30N4O3S. The first kappa shape index (κ1) is 18.4. The monoisotopic (exact) mass is 382 g/mol. The Morgan fingerprint density at radius 3 is 2.46 bits per heavy atom. The minimum Gasteiger partial charge on any atom is -0.376 e. The fourth-order valence-corrected chi connectivity index (χ4v) is 4.86. The Labute approximate surface area is 156 Å². The fraction of sp³-hybridized carbons (Fsp3) is 0.833. The summed E-state index contributed by atoms with van der Waals surface area (Å²) in [5, 5.41) is 0.176. The summed E-state index contributed by atoms with van der Waals surface area (Å²) in [5.41, 5.74) is 0.983. The highest BCUT2D eigenvalue weighted by Crippen LogP contribution is 2.30. The van der Waals surface area contributed by atoms with Gasteiger partial charge in [0.25, 0.3) is 0 Å². The van der Waals surface area contributed by atoms with Crippen molar-refractivity contribution in [1.82, 2.24) is 19.4 Å². The van der Waals surface area contributed by atoms with Gasteiger partial charge in [0.2, 0.25) is 15.0 Å². The van der Waals surface area contributed by atoms with Crippen LogP contribution in [0.1, 0.15) is 31.4 Å². The topological polar surface area (TPSA) is 67.7 Å². The Hall–Kier alpha value is -0.960. The number of ether oxygens (including phenoxy) is 1. The maximum Gasteiger partial charge on any atom is 0.227 e. The van der Waals surface area contributed by atoms with Crippen molar-refractivity contribution in [2.24, 2.45) is 5.92 Å². The van der Waals surface area contributed by atoms with Crippen molar-refractivity contribution in [3.8, 4) is 0 Å². The first-order valence-corrected chi connectivity index (χ1v) is 11.7. The predicted octanol–water partition coefficient (Wildman–Crippen LogP) is 0.993. The molecule has 1 aromatic rings. The molecule has 3 heterocycles. The van der Waals surface area contributed by atoms with Gasteiger partial charge in [-0.1, -0.05) is 0 Å². The summed E-state index contributed by atoms with van der Waals surface area (Å²) >= 11 is 0. The molecule has 3 aliphatic rings. The maximum atomic E-state index is 12.1. The molecule has 0 aromatic carbocycles. The summed E-state index contributed by atoms with van der Waals surface area (Å²) in [4.78, 5) is 9.22. The summed E-state index contributed by atoms with van der Waals surface area (Å²) in [7, 11) is -3.34. The molecule has 0 unspecified atom stereocenters. The van der Waals surface area contributed by atoms with Crippen LogP contribution in [-0.2, 0) is 27.7 Å². The van der Waals surface area contributed by atoms with Gasteiger partial charge in [-0.2, -0.15) is 0 Å². The van der Waals surface area contributed by atoms with Crippen molar-refractivity contribution in [2.45, 2.75) is 50.0 Å². The largest absolute Gasteiger partial charge is 0.376 e. The quantitative estimate of drug-likeness (QED) is 0.701. The second-order valence-electron chi connectivity index (χ2n) is 8.07. The lowest BCUT2D eigenvalue weighted by Gasteiger charge is -2.34. The van der Waals surface area contributed by atoms with Gasteiger partial charge in [-0.3, -0.25) is 4.90 Å². The number of piperazine rings is 1. The molecule has 1 saturated carbocycles. The van der Waals surface area contributed by atoms with Crippen LogP contribution in [0.2, 0.25) is 0 Å². The molecule has 7 nitrogen and oxygen atoms in total. The van der Waals surface area contributed by atoms with Gasteiger partial charge in [-0.15, -0.1) is 0 Å². The van der Waals surface area contributed by atoms with Crippen LogP contribution in [0.4, 0.5) is 0 Å². The number of rotatable bonds is 7. The normalized spacial score (nSPS) is 25.8. The van der Waals surface area contributed by atoms with Gasteiger partial charge in [0.1, 0.15) is 0 Å². The highest BCUT2D eigenvalue weighted by Gasteiger charge is 2.28. The van der Waals surface area contributed by atoms with Crippen LogP contribution in [0.3, 0.4) is 0 Å². The Morgan fingerprint density at radius 2 is 1.85 bits per heavy atom. The fourth-order valence-electron chi connectivity index (χ4n) is 4.03. The number of imidazole rings is 1. The molecule has 26 heavy (non-hydrogen) atoms. The molecule has 0 radical (unpaired) electrons. The molecule has 1 aliphatic carbocycles. The van der Waals surface area contributed by atoms with Crippen LogP contribution in [0.15, 0.2) is 11.4 Å². The van der Waals surface area contributed by atoms with Crippen LogP contribution in [0.5, 0.6) is 0 Å².